The highest BCUT2D eigenvalue weighted by Gasteiger charge is 2.20. The van der Waals surface area contributed by atoms with Gasteiger partial charge < -0.3 is 9.64 Å². The summed E-state index contributed by atoms with van der Waals surface area (Å²) in [6.45, 7) is 6.57. The van der Waals surface area contributed by atoms with Crippen LogP contribution in [0.4, 0.5) is 0 Å². The fraction of sp³-hybridized carbons (Fsp3) is 0.429. The SMILES string of the molecule is CCCN1CCCC(c2cccc(OCc3ccccc3)c2)C1.Cl. The highest BCUT2D eigenvalue weighted by Crippen LogP contribution is 2.29. The van der Waals surface area contributed by atoms with Crippen molar-refractivity contribution in [3.63, 3.8) is 0 Å². The molecule has 1 unspecified atom stereocenters. The Kier molecular flexibility index (Phi) is 7.61. The van der Waals surface area contributed by atoms with Crippen molar-refractivity contribution in [3.05, 3.63) is 65.7 Å². The van der Waals surface area contributed by atoms with Gasteiger partial charge in [-0.05, 0) is 61.5 Å². The molecule has 24 heavy (non-hydrogen) atoms. The fourth-order valence-electron chi connectivity index (χ4n) is 3.45. The second-order valence-corrected chi connectivity index (χ2v) is 6.49. The highest BCUT2D eigenvalue weighted by atomic mass is 35.5. The molecular formula is C21H28ClNO. The Hall–Kier alpha value is -1.51. The predicted octanol–water partition coefficient (Wildman–Crippen LogP) is 5.28. The van der Waals surface area contributed by atoms with E-state index in [4.69, 9.17) is 4.74 Å². The van der Waals surface area contributed by atoms with Gasteiger partial charge in [0.2, 0.25) is 0 Å². The van der Waals surface area contributed by atoms with Gasteiger partial charge in [-0.1, -0.05) is 49.4 Å². The molecule has 2 nitrogen and oxygen atoms in total. The van der Waals surface area contributed by atoms with Gasteiger partial charge in [0.05, 0.1) is 0 Å². The second-order valence-electron chi connectivity index (χ2n) is 6.49. The van der Waals surface area contributed by atoms with Crippen molar-refractivity contribution >= 4 is 12.4 Å². The first kappa shape index (κ1) is 18.8. The summed E-state index contributed by atoms with van der Waals surface area (Å²) < 4.78 is 5.98. The third-order valence-electron chi connectivity index (χ3n) is 4.62. The van der Waals surface area contributed by atoms with E-state index in [9.17, 15) is 0 Å². The molecule has 0 bridgehead atoms. The van der Waals surface area contributed by atoms with E-state index in [0.717, 1.165) is 5.75 Å². The Morgan fingerprint density at radius 1 is 1.08 bits per heavy atom. The number of hydrogen-bond donors (Lipinski definition) is 0. The monoisotopic (exact) mass is 345 g/mol. The molecule has 0 aromatic heterocycles. The maximum absolute atomic E-state index is 5.98. The van der Waals surface area contributed by atoms with Crippen molar-refractivity contribution in [3.8, 4) is 5.75 Å². The maximum Gasteiger partial charge on any atom is 0.120 e. The van der Waals surface area contributed by atoms with Crippen LogP contribution in [-0.4, -0.2) is 24.5 Å². The fourth-order valence-corrected chi connectivity index (χ4v) is 3.45. The standard InChI is InChI=1S/C21H27NO.ClH/c1-2-13-22-14-7-11-20(16-22)19-10-6-12-21(15-19)23-17-18-8-4-3-5-9-18;/h3-6,8-10,12,15,20H,2,7,11,13-14,16-17H2,1H3;1H. The third-order valence-corrected chi connectivity index (χ3v) is 4.62. The van der Waals surface area contributed by atoms with E-state index in [1.807, 2.05) is 6.07 Å². The lowest BCUT2D eigenvalue weighted by Crippen LogP contribution is -2.34. The molecule has 1 fully saturated rings. The summed E-state index contributed by atoms with van der Waals surface area (Å²) in [5.74, 6) is 1.63. The van der Waals surface area contributed by atoms with Crippen LogP contribution in [0.3, 0.4) is 0 Å². The first-order valence-corrected chi connectivity index (χ1v) is 8.84. The number of benzene rings is 2. The van der Waals surface area contributed by atoms with Crippen LogP contribution in [-0.2, 0) is 6.61 Å². The van der Waals surface area contributed by atoms with E-state index < -0.39 is 0 Å². The normalized spacial score (nSPS) is 18.0. The zero-order valence-corrected chi connectivity index (χ0v) is 15.3. The average Bonchev–Trinajstić information content (AvgIpc) is 2.62. The predicted molar refractivity (Wildman–Crippen MR) is 103 cm³/mol. The van der Waals surface area contributed by atoms with Crippen molar-refractivity contribution in [1.29, 1.82) is 0 Å². The lowest BCUT2D eigenvalue weighted by atomic mass is 9.90. The number of rotatable bonds is 6. The van der Waals surface area contributed by atoms with Gasteiger partial charge in [-0.3, -0.25) is 0 Å². The number of nitrogens with zero attached hydrogens (tertiary/aromatic N) is 1. The molecular weight excluding hydrogens is 318 g/mol. The van der Waals surface area contributed by atoms with Gasteiger partial charge in [0.1, 0.15) is 12.4 Å². The summed E-state index contributed by atoms with van der Waals surface area (Å²) in [6, 6.07) is 19.1. The van der Waals surface area contributed by atoms with Crippen LogP contribution in [0, 0.1) is 0 Å². The van der Waals surface area contributed by atoms with Gasteiger partial charge in [0, 0.05) is 6.54 Å². The van der Waals surface area contributed by atoms with Crippen molar-refractivity contribution in [2.45, 2.75) is 38.7 Å². The quantitative estimate of drug-likeness (QED) is 0.706. The summed E-state index contributed by atoms with van der Waals surface area (Å²) in [6.07, 6.45) is 3.84. The number of likely N-dealkylation sites (tertiary alicyclic amines) is 1. The van der Waals surface area contributed by atoms with Gasteiger partial charge in [-0.15, -0.1) is 12.4 Å². The van der Waals surface area contributed by atoms with Crippen LogP contribution in [0.5, 0.6) is 5.75 Å². The van der Waals surface area contributed by atoms with Crippen LogP contribution >= 0.6 is 12.4 Å². The molecule has 2 aromatic carbocycles. The molecule has 3 rings (SSSR count). The first-order valence-electron chi connectivity index (χ1n) is 8.84. The summed E-state index contributed by atoms with van der Waals surface area (Å²) >= 11 is 0. The second kappa shape index (κ2) is 9.71. The van der Waals surface area contributed by atoms with Crippen LogP contribution in [0.15, 0.2) is 54.6 Å². The smallest absolute Gasteiger partial charge is 0.120 e. The molecule has 1 heterocycles. The molecule has 0 spiro atoms. The van der Waals surface area contributed by atoms with E-state index in [1.54, 1.807) is 0 Å². The molecule has 1 aliphatic rings. The minimum absolute atomic E-state index is 0. The van der Waals surface area contributed by atoms with Crippen LogP contribution in [0.2, 0.25) is 0 Å². The lowest BCUT2D eigenvalue weighted by molar-refractivity contribution is 0.208. The Bertz CT molecular complexity index is 600. The molecule has 0 N–H and O–H groups in total. The Morgan fingerprint density at radius 2 is 1.92 bits per heavy atom. The number of piperidine rings is 1. The van der Waals surface area contributed by atoms with Crippen molar-refractivity contribution in [2.75, 3.05) is 19.6 Å². The molecule has 0 saturated carbocycles. The molecule has 3 heteroatoms. The first-order chi connectivity index (χ1) is 11.3. The topological polar surface area (TPSA) is 12.5 Å². The van der Waals surface area contributed by atoms with Crippen LogP contribution in [0.25, 0.3) is 0 Å². The van der Waals surface area contributed by atoms with Gasteiger partial charge in [-0.25, -0.2) is 0 Å². The average molecular weight is 346 g/mol. The lowest BCUT2D eigenvalue weighted by Gasteiger charge is -2.32. The van der Waals surface area contributed by atoms with Crippen molar-refractivity contribution in [2.24, 2.45) is 0 Å². The van der Waals surface area contributed by atoms with Gasteiger partial charge >= 0.3 is 0 Å². The van der Waals surface area contributed by atoms with E-state index in [1.165, 1.54) is 50.0 Å². The molecule has 0 radical (unpaired) electrons. The van der Waals surface area contributed by atoms with E-state index in [-0.39, 0.29) is 12.4 Å². The Balaban J connectivity index is 0.00000208. The summed E-state index contributed by atoms with van der Waals surface area (Å²) in [7, 11) is 0. The van der Waals surface area contributed by atoms with Gasteiger partial charge in [-0.2, -0.15) is 0 Å². The summed E-state index contributed by atoms with van der Waals surface area (Å²) in [5, 5.41) is 0. The van der Waals surface area contributed by atoms with Gasteiger partial charge in [0.25, 0.3) is 0 Å². The number of ether oxygens (including phenoxy) is 1. The Morgan fingerprint density at radius 3 is 2.71 bits per heavy atom. The van der Waals surface area contributed by atoms with E-state index in [2.05, 4.69) is 60.4 Å². The van der Waals surface area contributed by atoms with Crippen molar-refractivity contribution in [1.82, 2.24) is 4.90 Å². The summed E-state index contributed by atoms with van der Waals surface area (Å²) in [5.41, 5.74) is 2.64. The zero-order chi connectivity index (χ0) is 15.9. The zero-order valence-electron chi connectivity index (χ0n) is 14.5. The molecule has 0 aliphatic carbocycles. The van der Waals surface area contributed by atoms with Crippen molar-refractivity contribution < 1.29 is 4.74 Å². The third kappa shape index (κ3) is 5.25. The molecule has 1 saturated heterocycles. The molecule has 1 aliphatic heterocycles. The number of halogens is 1. The molecule has 2 aromatic rings. The highest BCUT2D eigenvalue weighted by molar-refractivity contribution is 5.85. The largest absolute Gasteiger partial charge is 0.489 e. The van der Waals surface area contributed by atoms with E-state index >= 15 is 0 Å². The molecule has 0 amide bonds. The minimum atomic E-state index is 0. The summed E-state index contributed by atoms with van der Waals surface area (Å²) in [4.78, 5) is 2.60. The molecule has 130 valence electrons. The van der Waals surface area contributed by atoms with Crippen LogP contribution < -0.4 is 4.74 Å². The maximum atomic E-state index is 5.98. The Labute approximate surface area is 152 Å². The minimum Gasteiger partial charge on any atom is -0.489 e. The molecule has 1 atom stereocenters. The van der Waals surface area contributed by atoms with Gasteiger partial charge in [0.15, 0.2) is 0 Å². The van der Waals surface area contributed by atoms with Crippen LogP contribution in [0.1, 0.15) is 43.2 Å². The number of hydrogen-bond acceptors (Lipinski definition) is 2. The van der Waals surface area contributed by atoms with E-state index in [0.29, 0.717) is 12.5 Å².